The lowest BCUT2D eigenvalue weighted by atomic mass is 10.1. The van der Waals surface area contributed by atoms with Gasteiger partial charge in [-0.1, -0.05) is 23.7 Å². The van der Waals surface area contributed by atoms with Crippen LogP contribution in [0.5, 0.6) is 5.75 Å². The number of non-ortho nitro benzene ring substituents is 1. The summed E-state index contributed by atoms with van der Waals surface area (Å²) >= 11 is 5.90. The fraction of sp³-hybridized carbons (Fsp3) is 0.200. The van der Waals surface area contributed by atoms with Crippen molar-refractivity contribution >= 4 is 17.3 Å². The van der Waals surface area contributed by atoms with E-state index < -0.39 is 4.92 Å². The average molecular weight is 307 g/mol. The van der Waals surface area contributed by atoms with Gasteiger partial charge < -0.3 is 10.5 Å². The van der Waals surface area contributed by atoms with Gasteiger partial charge in [-0.2, -0.15) is 0 Å². The SMILES string of the molecule is NCc1cc(Cl)ccc1OCCc1ccc([N+](=O)[O-])cc1. The lowest BCUT2D eigenvalue weighted by Crippen LogP contribution is -2.05. The zero-order valence-corrected chi connectivity index (χ0v) is 12.0. The van der Waals surface area contributed by atoms with Gasteiger partial charge in [-0.3, -0.25) is 10.1 Å². The Morgan fingerprint density at radius 2 is 1.90 bits per heavy atom. The number of benzene rings is 2. The molecule has 5 nitrogen and oxygen atoms in total. The molecule has 0 unspecified atom stereocenters. The van der Waals surface area contributed by atoms with Gasteiger partial charge in [-0.25, -0.2) is 0 Å². The molecule has 2 aromatic rings. The number of ether oxygens (including phenoxy) is 1. The molecule has 0 aliphatic heterocycles. The van der Waals surface area contributed by atoms with E-state index in [1.807, 2.05) is 0 Å². The van der Waals surface area contributed by atoms with Crippen molar-refractivity contribution in [1.29, 1.82) is 0 Å². The third kappa shape index (κ3) is 4.18. The van der Waals surface area contributed by atoms with E-state index >= 15 is 0 Å². The van der Waals surface area contributed by atoms with Crippen LogP contribution in [0.25, 0.3) is 0 Å². The Morgan fingerprint density at radius 3 is 2.52 bits per heavy atom. The zero-order valence-electron chi connectivity index (χ0n) is 11.3. The second-order valence-electron chi connectivity index (χ2n) is 4.48. The molecule has 0 amide bonds. The zero-order chi connectivity index (χ0) is 15.2. The molecule has 0 heterocycles. The Kier molecular flexibility index (Phi) is 5.14. The molecule has 2 N–H and O–H groups in total. The molecule has 0 saturated heterocycles. The summed E-state index contributed by atoms with van der Waals surface area (Å²) in [6.07, 6.45) is 0.657. The maximum atomic E-state index is 10.6. The van der Waals surface area contributed by atoms with Gasteiger partial charge >= 0.3 is 0 Å². The molecule has 0 aliphatic rings. The topological polar surface area (TPSA) is 78.4 Å². The molecule has 2 aromatic carbocycles. The lowest BCUT2D eigenvalue weighted by Gasteiger charge is -2.10. The van der Waals surface area contributed by atoms with Crippen molar-refractivity contribution in [2.24, 2.45) is 5.73 Å². The van der Waals surface area contributed by atoms with Crippen LogP contribution in [0.15, 0.2) is 42.5 Å². The summed E-state index contributed by atoms with van der Waals surface area (Å²) in [7, 11) is 0. The molecule has 0 bridgehead atoms. The van der Waals surface area contributed by atoms with Gasteiger partial charge in [0.1, 0.15) is 5.75 Å². The number of nitrogens with two attached hydrogens (primary N) is 1. The summed E-state index contributed by atoms with van der Waals surface area (Å²) in [6, 6.07) is 11.8. The average Bonchev–Trinajstić information content (AvgIpc) is 2.49. The van der Waals surface area contributed by atoms with E-state index in [1.54, 1.807) is 30.3 Å². The van der Waals surface area contributed by atoms with Crippen LogP contribution in [0.1, 0.15) is 11.1 Å². The fourth-order valence-electron chi connectivity index (χ4n) is 1.91. The third-order valence-electron chi connectivity index (χ3n) is 3.04. The fourth-order valence-corrected chi connectivity index (χ4v) is 2.11. The van der Waals surface area contributed by atoms with E-state index in [0.29, 0.717) is 30.3 Å². The Bertz CT molecular complexity index is 629. The predicted octanol–water partition coefficient (Wildman–Crippen LogP) is 3.33. The van der Waals surface area contributed by atoms with Gasteiger partial charge in [0.15, 0.2) is 0 Å². The number of hydrogen-bond donors (Lipinski definition) is 1. The Morgan fingerprint density at radius 1 is 1.19 bits per heavy atom. The monoisotopic (exact) mass is 306 g/mol. The minimum Gasteiger partial charge on any atom is -0.493 e. The maximum Gasteiger partial charge on any atom is 0.269 e. The van der Waals surface area contributed by atoms with E-state index in [4.69, 9.17) is 22.1 Å². The first kappa shape index (κ1) is 15.3. The number of hydrogen-bond acceptors (Lipinski definition) is 4. The molecule has 0 saturated carbocycles. The van der Waals surface area contributed by atoms with Crippen LogP contribution in [-0.4, -0.2) is 11.5 Å². The van der Waals surface area contributed by atoms with Crippen molar-refractivity contribution in [1.82, 2.24) is 0 Å². The molecule has 0 aliphatic carbocycles. The first-order chi connectivity index (χ1) is 10.1. The Labute approximate surface area is 127 Å². The molecule has 21 heavy (non-hydrogen) atoms. The molecule has 6 heteroatoms. The highest BCUT2D eigenvalue weighted by molar-refractivity contribution is 6.30. The van der Waals surface area contributed by atoms with Gasteiger partial charge in [0.25, 0.3) is 5.69 Å². The number of halogens is 1. The first-order valence-corrected chi connectivity index (χ1v) is 6.82. The minimum absolute atomic E-state index is 0.0859. The van der Waals surface area contributed by atoms with Crippen LogP contribution in [0.2, 0.25) is 5.02 Å². The Balaban J connectivity index is 1.93. The van der Waals surface area contributed by atoms with Crippen molar-refractivity contribution in [3.05, 3.63) is 68.7 Å². The normalized spacial score (nSPS) is 10.4. The van der Waals surface area contributed by atoms with Crippen molar-refractivity contribution in [2.75, 3.05) is 6.61 Å². The number of nitrogens with zero attached hydrogens (tertiary/aromatic N) is 1. The summed E-state index contributed by atoms with van der Waals surface area (Å²) in [5, 5.41) is 11.2. The highest BCUT2D eigenvalue weighted by Crippen LogP contribution is 2.22. The highest BCUT2D eigenvalue weighted by Gasteiger charge is 2.05. The van der Waals surface area contributed by atoms with Crippen molar-refractivity contribution in [2.45, 2.75) is 13.0 Å². The van der Waals surface area contributed by atoms with Crippen LogP contribution in [0, 0.1) is 10.1 Å². The van der Waals surface area contributed by atoms with E-state index in [0.717, 1.165) is 11.1 Å². The van der Waals surface area contributed by atoms with Gasteiger partial charge in [-0.15, -0.1) is 0 Å². The molecule has 0 aromatic heterocycles. The quantitative estimate of drug-likeness (QED) is 0.656. The molecule has 0 fully saturated rings. The second kappa shape index (κ2) is 7.06. The van der Waals surface area contributed by atoms with Crippen LogP contribution in [0.4, 0.5) is 5.69 Å². The lowest BCUT2D eigenvalue weighted by molar-refractivity contribution is -0.384. The number of nitro groups is 1. The molecular formula is C15H15ClN2O3. The van der Waals surface area contributed by atoms with Crippen LogP contribution in [0.3, 0.4) is 0 Å². The molecule has 0 spiro atoms. The van der Waals surface area contributed by atoms with Gasteiger partial charge in [0.05, 0.1) is 11.5 Å². The molecular weight excluding hydrogens is 292 g/mol. The van der Waals surface area contributed by atoms with E-state index in [-0.39, 0.29) is 5.69 Å². The molecule has 0 atom stereocenters. The molecule has 0 radical (unpaired) electrons. The third-order valence-corrected chi connectivity index (χ3v) is 3.27. The largest absolute Gasteiger partial charge is 0.493 e. The van der Waals surface area contributed by atoms with Crippen LogP contribution >= 0.6 is 11.6 Å². The Hall–Kier alpha value is -2.11. The standard InChI is InChI=1S/C15H15ClN2O3/c16-13-3-6-15(12(9-13)10-17)21-8-7-11-1-4-14(5-2-11)18(19)20/h1-6,9H,7-8,10,17H2. The number of nitro benzene ring substituents is 1. The van der Waals surface area contributed by atoms with E-state index in [9.17, 15) is 10.1 Å². The first-order valence-electron chi connectivity index (χ1n) is 6.45. The van der Waals surface area contributed by atoms with Gasteiger partial charge in [0.2, 0.25) is 0 Å². The van der Waals surface area contributed by atoms with Crippen molar-refractivity contribution < 1.29 is 9.66 Å². The summed E-state index contributed by atoms with van der Waals surface area (Å²) in [4.78, 5) is 10.2. The van der Waals surface area contributed by atoms with Gasteiger partial charge in [-0.05, 0) is 23.8 Å². The highest BCUT2D eigenvalue weighted by atomic mass is 35.5. The summed E-state index contributed by atoms with van der Waals surface area (Å²) in [6.45, 7) is 0.819. The van der Waals surface area contributed by atoms with E-state index in [2.05, 4.69) is 0 Å². The van der Waals surface area contributed by atoms with Crippen molar-refractivity contribution in [3.8, 4) is 5.75 Å². The van der Waals surface area contributed by atoms with Crippen LogP contribution < -0.4 is 10.5 Å². The summed E-state index contributed by atoms with van der Waals surface area (Å²) in [5.41, 5.74) is 7.56. The summed E-state index contributed by atoms with van der Waals surface area (Å²) in [5.74, 6) is 0.712. The van der Waals surface area contributed by atoms with Crippen molar-refractivity contribution in [3.63, 3.8) is 0 Å². The predicted molar refractivity (Wildman–Crippen MR) is 81.6 cm³/mol. The second-order valence-corrected chi connectivity index (χ2v) is 4.91. The van der Waals surface area contributed by atoms with Gasteiger partial charge in [0, 0.05) is 35.7 Å². The number of rotatable bonds is 6. The molecule has 2 rings (SSSR count). The molecule has 110 valence electrons. The minimum atomic E-state index is -0.415. The maximum absolute atomic E-state index is 10.6. The smallest absolute Gasteiger partial charge is 0.269 e. The van der Waals surface area contributed by atoms with E-state index in [1.165, 1.54) is 12.1 Å². The van der Waals surface area contributed by atoms with Crippen LogP contribution in [-0.2, 0) is 13.0 Å². The summed E-state index contributed by atoms with van der Waals surface area (Å²) < 4.78 is 5.69.